The molecule has 0 spiro atoms. The maximum absolute atomic E-state index is 12.0. The van der Waals surface area contributed by atoms with Crippen LogP contribution >= 0.6 is 0 Å². The Balaban J connectivity index is 1.81. The number of ether oxygens (including phenoxy) is 1. The highest BCUT2D eigenvalue weighted by molar-refractivity contribution is 6.39. The van der Waals surface area contributed by atoms with Crippen LogP contribution in [0.2, 0.25) is 0 Å². The highest BCUT2D eigenvalue weighted by Crippen LogP contribution is 2.10. The highest BCUT2D eigenvalue weighted by Gasteiger charge is 2.16. The van der Waals surface area contributed by atoms with Crippen molar-refractivity contribution in [3.63, 3.8) is 0 Å². The molecule has 2 rings (SSSR count). The Kier molecular flexibility index (Phi) is 6.91. The molecule has 2 N–H and O–H groups in total. The lowest BCUT2D eigenvalue weighted by atomic mass is 10.1. The van der Waals surface area contributed by atoms with E-state index in [1.807, 2.05) is 37.3 Å². The number of hydrogen-bond acceptors (Lipinski definition) is 4. The molecule has 0 radical (unpaired) electrons. The predicted molar refractivity (Wildman–Crippen MR) is 98.8 cm³/mol. The number of carbonyl (C=O) groups is 3. The molecule has 136 valence electrons. The van der Waals surface area contributed by atoms with E-state index in [1.165, 1.54) is 36.9 Å². The third-order valence-electron chi connectivity index (χ3n) is 3.86. The molecule has 2 aromatic rings. The molecule has 0 heterocycles. The number of esters is 1. The van der Waals surface area contributed by atoms with Crippen molar-refractivity contribution in [2.24, 2.45) is 0 Å². The number of methoxy groups -OCH3 is 1. The van der Waals surface area contributed by atoms with Crippen LogP contribution in [0.5, 0.6) is 0 Å². The van der Waals surface area contributed by atoms with E-state index in [-0.39, 0.29) is 6.04 Å². The van der Waals surface area contributed by atoms with E-state index in [1.54, 1.807) is 0 Å². The number of amides is 2. The molecule has 0 aliphatic heterocycles. The van der Waals surface area contributed by atoms with Gasteiger partial charge in [-0.1, -0.05) is 30.3 Å². The van der Waals surface area contributed by atoms with Crippen molar-refractivity contribution in [1.29, 1.82) is 0 Å². The largest absolute Gasteiger partial charge is 0.465 e. The lowest BCUT2D eigenvalue weighted by Crippen LogP contribution is -2.40. The van der Waals surface area contributed by atoms with Crippen LogP contribution in [0.1, 0.15) is 29.3 Å². The number of benzene rings is 2. The van der Waals surface area contributed by atoms with Crippen LogP contribution in [0.15, 0.2) is 54.6 Å². The second-order valence-corrected chi connectivity index (χ2v) is 5.92. The predicted octanol–water partition coefficient (Wildman–Crippen LogP) is 2.55. The van der Waals surface area contributed by atoms with Crippen molar-refractivity contribution < 1.29 is 19.1 Å². The fraction of sp³-hybridized carbons (Fsp3) is 0.250. The lowest BCUT2D eigenvalue weighted by Gasteiger charge is -2.14. The molecule has 0 aliphatic carbocycles. The van der Waals surface area contributed by atoms with E-state index in [2.05, 4.69) is 15.4 Å². The standard InChI is InChI=1S/C20H22N2O4/c1-14(8-9-15-6-4-3-5-7-15)21-18(23)19(24)22-17-12-10-16(11-13-17)20(25)26-2/h3-7,10-14H,8-9H2,1-2H3,(H,21,23)(H,22,24)/t14-/m1/s1. The Morgan fingerprint density at radius 2 is 1.62 bits per heavy atom. The van der Waals surface area contributed by atoms with Gasteiger partial charge in [0.05, 0.1) is 12.7 Å². The summed E-state index contributed by atoms with van der Waals surface area (Å²) in [6.07, 6.45) is 1.55. The molecule has 0 saturated carbocycles. The fourth-order valence-corrected chi connectivity index (χ4v) is 2.38. The summed E-state index contributed by atoms with van der Waals surface area (Å²) in [6, 6.07) is 15.9. The minimum absolute atomic E-state index is 0.129. The summed E-state index contributed by atoms with van der Waals surface area (Å²) in [5, 5.41) is 5.19. The average molecular weight is 354 g/mol. The van der Waals surface area contributed by atoms with Gasteiger partial charge < -0.3 is 15.4 Å². The second-order valence-electron chi connectivity index (χ2n) is 5.92. The molecule has 2 amide bonds. The number of hydrogen-bond donors (Lipinski definition) is 2. The summed E-state index contributed by atoms with van der Waals surface area (Å²) in [5.74, 6) is -1.90. The third-order valence-corrected chi connectivity index (χ3v) is 3.86. The van der Waals surface area contributed by atoms with Crippen molar-refractivity contribution in [2.75, 3.05) is 12.4 Å². The Morgan fingerprint density at radius 3 is 2.23 bits per heavy atom. The Bertz CT molecular complexity index is 757. The molecule has 2 aromatic carbocycles. The van der Waals surface area contributed by atoms with E-state index in [0.717, 1.165) is 12.8 Å². The van der Waals surface area contributed by atoms with E-state index >= 15 is 0 Å². The van der Waals surface area contributed by atoms with Gasteiger partial charge in [-0.05, 0) is 49.6 Å². The molecule has 26 heavy (non-hydrogen) atoms. The smallest absolute Gasteiger partial charge is 0.337 e. The Morgan fingerprint density at radius 1 is 0.962 bits per heavy atom. The zero-order chi connectivity index (χ0) is 18.9. The fourth-order valence-electron chi connectivity index (χ4n) is 2.38. The molecule has 0 unspecified atom stereocenters. The van der Waals surface area contributed by atoms with Crippen molar-refractivity contribution in [3.05, 3.63) is 65.7 Å². The molecule has 0 fully saturated rings. The zero-order valence-corrected chi connectivity index (χ0v) is 14.8. The van der Waals surface area contributed by atoms with Gasteiger partial charge in [-0.15, -0.1) is 0 Å². The molecule has 0 saturated heterocycles. The van der Waals surface area contributed by atoms with Gasteiger partial charge in [0.25, 0.3) is 0 Å². The van der Waals surface area contributed by atoms with Crippen LogP contribution in [0.4, 0.5) is 5.69 Å². The second kappa shape index (κ2) is 9.36. The quantitative estimate of drug-likeness (QED) is 0.617. The van der Waals surface area contributed by atoms with Gasteiger partial charge in [-0.2, -0.15) is 0 Å². The maximum atomic E-state index is 12.0. The highest BCUT2D eigenvalue weighted by atomic mass is 16.5. The number of nitrogens with one attached hydrogen (secondary N) is 2. The topological polar surface area (TPSA) is 84.5 Å². The minimum Gasteiger partial charge on any atom is -0.465 e. The first-order valence-corrected chi connectivity index (χ1v) is 8.33. The molecular weight excluding hydrogens is 332 g/mol. The molecule has 6 heteroatoms. The number of anilines is 1. The van der Waals surface area contributed by atoms with Crippen LogP contribution in [-0.2, 0) is 20.7 Å². The number of rotatable bonds is 6. The zero-order valence-electron chi connectivity index (χ0n) is 14.8. The number of carbonyl (C=O) groups excluding carboxylic acids is 3. The summed E-state index contributed by atoms with van der Waals surface area (Å²) in [6.45, 7) is 1.86. The van der Waals surface area contributed by atoms with Crippen molar-refractivity contribution in [2.45, 2.75) is 25.8 Å². The van der Waals surface area contributed by atoms with Crippen LogP contribution in [0.25, 0.3) is 0 Å². The first-order chi connectivity index (χ1) is 12.5. The molecule has 6 nitrogen and oxygen atoms in total. The molecule has 0 bridgehead atoms. The summed E-state index contributed by atoms with van der Waals surface area (Å²) < 4.78 is 4.60. The Hall–Kier alpha value is -3.15. The minimum atomic E-state index is -0.748. The lowest BCUT2D eigenvalue weighted by molar-refractivity contribution is -0.136. The van der Waals surface area contributed by atoms with Crippen LogP contribution < -0.4 is 10.6 Å². The molecule has 0 aromatic heterocycles. The van der Waals surface area contributed by atoms with Gasteiger partial charge in [0, 0.05) is 11.7 Å². The number of aryl methyl sites for hydroxylation is 1. The van der Waals surface area contributed by atoms with Gasteiger partial charge in [0.15, 0.2) is 0 Å². The van der Waals surface area contributed by atoms with E-state index in [9.17, 15) is 14.4 Å². The van der Waals surface area contributed by atoms with Gasteiger partial charge in [0.2, 0.25) is 0 Å². The van der Waals surface area contributed by atoms with Gasteiger partial charge in [0.1, 0.15) is 0 Å². The summed E-state index contributed by atoms with van der Waals surface area (Å²) in [7, 11) is 1.29. The van der Waals surface area contributed by atoms with E-state index in [4.69, 9.17) is 0 Å². The SMILES string of the molecule is COC(=O)c1ccc(NC(=O)C(=O)N[C@H](C)CCc2ccccc2)cc1. The van der Waals surface area contributed by atoms with E-state index in [0.29, 0.717) is 11.3 Å². The third kappa shape index (κ3) is 5.73. The molecule has 1 atom stereocenters. The first kappa shape index (κ1) is 19.2. The summed E-state index contributed by atoms with van der Waals surface area (Å²) >= 11 is 0. The summed E-state index contributed by atoms with van der Waals surface area (Å²) in [4.78, 5) is 35.3. The van der Waals surface area contributed by atoms with Crippen LogP contribution in [0, 0.1) is 0 Å². The van der Waals surface area contributed by atoms with Gasteiger partial charge >= 0.3 is 17.8 Å². The first-order valence-electron chi connectivity index (χ1n) is 8.33. The molecular formula is C20H22N2O4. The molecule has 0 aliphatic rings. The summed E-state index contributed by atoms with van der Waals surface area (Å²) in [5.41, 5.74) is 1.97. The van der Waals surface area contributed by atoms with Gasteiger partial charge in [-0.3, -0.25) is 9.59 Å². The van der Waals surface area contributed by atoms with Gasteiger partial charge in [-0.25, -0.2) is 4.79 Å². The van der Waals surface area contributed by atoms with Crippen LogP contribution in [-0.4, -0.2) is 30.9 Å². The Labute approximate surface area is 152 Å². The van der Waals surface area contributed by atoms with Crippen molar-refractivity contribution in [3.8, 4) is 0 Å². The van der Waals surface area contributed by atoms with Crippen molar-refractivity contribution >= 4 is 23.5 Å². The maximum Gasteiger partial charge on any atom is 0.337 e. The average Bonchev–Trinajstić information content (AvgIpc) is 2.67. The normalized spacial score (nSPS) is 11.3. The van der Waals surface area contributed by atoms with Crippen LogP contribution in [0.3, 0.4) is 0 Å². The monoisotopic (exact) mass is 354 g/mol. The van der Waals surface area contributed by atoms with E-state index < -0.39 is 17.8 Å². The van der Waals surface area contributed by atoms with Crippen molar-refractivity contribution in [1.82, 2.24) is 5.32 Å².